The molecule has 3 aromatic heterocycles. The van der Waals surface area contributed by atoms with E-state index in [1.54, 1.807) is 31.6 Å². The summed E-state index contributed by atoms with van der Waals surface area (Å²) in [7, 11) is 1.63. The van der Waals surface area contributed by atoms with Gasteiger partial charge in [-0.05, 0) is 37.6 Å². The molecule has 1 fully saturated rings. The van der Waals surface area contributed by atoms with Gasteiger partial charge in [-0.3, -0.25) is 4.98 Å². The summed E-state index contributed by atoms with van der Waals surface area (Å²) in [6.45, 7) is 2.21. The monoisotopic (exact) mass is 379 g/mol. The molecule has 28 heavy (non-hydrogen) atoms. The Bertz CT molecular complexity index is 947. The van der Waals surface area contributed by atoms with Gasteiger partial charge >= 0.3 is 0 Å². The molecule has 2 atom stereocenters. The predicted octanol–water partition coefficient (Wildman–Crippen LogP) is 2.32. The number of rotatable bonds is 7. The number of pyridine rings is 1. The minimum Gasteiger partial charge on any atom is -0.495 e. The van der Waals surface area contributed by atoms with E-state index in [0.29, 0.717) is 47.1 Å². The largest absolute Gasteiger partial charge is 0.495 e. The van der Waals surface area contributed by atoms with Gasteiger partial charge in [-0.15, -0.1) is 5.10 Å². The molecule has 0 aliphatic heterocycles. The van der Waals surface area contributed by atoms with Gasteiger partial charge < -0.3 is 14.6 Å². The molecule has 0 bridgehead atoms. The van der Waals surface area contributed by atoms with Crippen molar-refractivity contribution in [3.8, 4) is 22.9 Å². The van der Waals surface area contributed by atoms with E-state index in [-0.39, 0.29) is 6.61 Å². The standard InChI is InChI=1S/C20H21N5O3/c1-12-21-9-17(19-5-3-14(10-26)24-25-19)20(23-12)28-11-13-7-16(13)18-6-4-15(27-2)8-22-18/h3-6,8-9,13,16,26H,7,10-11H2,1-2H3/t13?,16-/m1/s1. The Morgan fingerprint density at radius 2 is 2.00 bits per heavy atom. The van der Waals surface area contributed by atoms with Crippen molar-refractivity contribution in [2.75, 3.05) is 13.7 Å². The molecule has 0 spiro atoms. The molecule has 0 amide bonds. The zero-order valence-electron chi connectivity index (χ0n) is 15.7. The highest BCUT2D eigenvalue weighted by atomic mass is 16.5. The van der Waals surface area contributed by atoms with E-state index >= 15 is 0 Å². The summed E-state index contributed by atoms with van der Waals surface area (Å²) in [6, 6.07) is 7.43. The lowest BCUT2D eigenvalue weighted by Crippen LogP contribution is -2.06. The quantitative estimate of drug-likeness (QED) is 0.667. The molecule has 0 radical (unpaired) electrons. The van der Waals surface area contributed by atoms with Crippen molar-refractivity contribution in [1.82, 2.24) is 25.1 Å². The average molecular weight is 379 g/mol. The summed E-state index contributed by atoms with van der Waals surface area (Å²) < 4.78 is 11.2. The van der Waals surface area contributed by atoms with Gasteiger partial charge in [-0.1, -0.05) is 0 Å². The van der Waals surface area contributed by atoms with Crippen LogP contribution in [0.15, 0.2) is 36.7 Å². The molecule has 1 saturated carbocycles. The number of nitrogens with zero attached hydrogens (tertiary/aromatic N) is 5. The van der Waals surface area contributed by atoms with Crippen LogP contribution in [0.4, 0.5) is 0 Å². The number of hydrogen-bond acceptors (Lipinski definition) is 8. The SMILES string of the molecule is COc1ccc([C@@H]2CC2COc2nc(C)ncc2-c2ccc(CO)nn2)nc1. The molecular weight excluding hydrogens is 358 g/mol. The molecule has 1 N–H and O–H groups in total. The maximum atomic E-state index is 9.13. The van der Waals surface area contributed by atoms with E-state index in [9.17, 15) is 0 Å². The van der Waals surface area contributed by atoms with E-state index < -0.39 is 0 Å². The highest BCUT2D eigenvalue weighted by molar-refractivity contribution is 5.63. The summed E-state index contributed by atoms with van der Waals surface area (Å²) >= 11 is 0. The minimum absolute atomic E-state index is 0.149. The molecule has 1 unspecified atom stereocenters. The van der Waals surface area contributed by atoms with Crippen LogP contribution in [0.3, 0.4) is 0 Å². The van der Waals surface area contributed by atoms with Gasteiger partial charge in [0.25, 0.3) is 0 Å². The van der Waals surface area contributed by atoms with E-state index in [1.807, 2.05) is 19.1 Å². The lowest BCUT2D eigenvalue weighted by molar-refractivity contribution is 0.275. The minimum atomic E-state index is -0.149. The highest BCUT2D eigenvalue weighted by Crippen LogP contribution is 2.47. The van der Waals surface area contributed by atoms with Crippen LogP contribution in [0.2, 0.25) is 0 Å². The molecule has 1 aliphatic carbocycles. The summed E-state index contributed by atoms with van der Waals surface area (Å²) in [6.07, 6.45) is 4.46. The third-order valence-electron chi connectivity index (χ3n) is 4.76. The van der Waals surface area contributed by atoms with Gasteiger partial charge in [0, 0.05) is 23.7 Å². The van der Waals surface area contributed by atoms with Crippen LogP contribution in [0.1, 0.15) is 29.6 Å². The fraction of sp³-hybridized carbons (Fsp3) is 0.350. The molecule has 0 saturated heterocycles. The van der Waals surface area contributed by atoms with Crippen LogP contribution in [-0.2, 0) is 6.61 Å². The molecule has 3 aromatic rings. The van der Waals surface area contributed by atoms with Crippen LogP contribution < -0.4 is 9.47 Å². The maximum absolute atomic E-state index is 9.13. The number of ether oxygens (including phenoxy) is 2. The first-order valence-corrected chi connectivity index (χ1v) is 9.08. The highest BCUT2D eigenvalue weighted by Gasteiger charge is 2.40. The van der Waals surface area contributed by atoms with Gasteiger partial charge in [-0.2, -0.15) is 10.1 Å². The van der Waals surface area contributed by atoms with E-state index in [4.69, 9.17) is 14.6 Å². The molecule has 8 nitrogen and oxygen atoms in total. The summed E-state index contributed by atoms with van der Waals surface area (Å²) in [5.74, 6) is 2.66. The third-order valence-corrected chi connectivity index (χ3v) is 4.76. The Balaban J connectivity index is 1.45. The first-order chi connectivity index (χ1) is 13.7. The smallest absolute Gasteiger partial charge is 0.226 e. The predicted molar refractivity (Wildman–Crippen MR) is 101 cm³/mol. The Hall–Kier alpha value is -3.13. The van der Waals surface area contributed by atoms with Crippen LogP contribution in [0.25, 0.3) is 11.3 Å². The van der Waals surface area contributed by atoms with Crippen LogP contribution in [0.5, 0.6) is 11.6 Å². The summed E-state index contributed by atoms with van der Waals surface area (Å²) in [4.78, 5) is 13.1. The van der Waals surface area contributed by atoms with Crippen molar-refractivity contribution in [3.05, 3.63) is 53.9 Å². The van der Waals surface area contributed by atoms with Crippen molar-refractivity contribution >= 4 is 0 Å². The molecule has 1 aliphatic rings. The lowest BCUT2D eigenvalue weighted by atomic mass is 10.2. The van der Waals surface area contributed by atoms with Gasteiger partial charge in [0.1, 0.15) is 11.6 Å². The van der Waals surface area contributed by atoms with Gasteiger partial charge in [0.15, 0.2) is 0 Å². The fourth-order valence-electron chi connectivity index (χ4n) is 3.03. The maximum Gasteiger partial charge on any atom is 0.226 e. The Kier molecular flexibility index (Phi) is 5.12. The lowest BCUT2D eigenvalue weighted by Gasteiger charge is -2.10. The number of methoxy groups -OCH3 is 1. The van der Waals surface area contributed by atoms with Crippen molar-refractivity contribution < 1.29 is 14.6 Å². The fourth-order valence-corrected chi connectivity index (χ4v) is 3.03. The average Bonchev–Trinajstić information content (AvgIpc) is 3.52. The number of aryl methyl sites for hydroxylation is 1. The Labute approximate surface area is 162 Å². The number of aliphatic hydroxyl groups is 1. The van der Waals surface area contributed by atoms with E-state index in [1.165, 1.54) is 0 Å². The summed E-state index contributed by atoms with van der Waals surface area (Å²) in [5, 5.41) is 17.2. The zero-order chi connectivity index (χ0) is 19.5. The number of aromatic nitrogens is 5. The normalized spacial score (nSPS) is 18.0. The van der Waals surface area contributed by atoms with Crippen LogP contribution >= 0.6 is 0 Å². The van der Waals surface area contributed by atoms with Crippen LogP contribution in [-0.4, -0.2) is 44.0 Å². The second-order valence-electron chi connectivity index (χ2n) is 6.74. The Morgan fingerprint density at radius 1 is 1.11 bits per heavy atom. The van der Waals surface area contributed by atoms with Gasteiger partial charge in [-0.25, -0.2) is 4.98 Å². The van der Waals surface area contributed by atoms with Crippen LogP contribution in [0, 0.1) is 12.8 Å². The van der Waals surface area contributed by atoms with Gasteiger partial charge in [0.05, 0.1) is 43.5 Å². The molecule has 3 heterocycles. The van der Waals surface area contributed by atoms with E-state index in [2.05, 4.69) is 25.1 Å². The van der Waals surface area contributed by atoms with Gasteiger partial charge in [0.2, 0.25) is 5.88 Å². The van der Waals surface area contributed by atoms with Crippen molar-refractivity contribution in [2.45, 2.75) is 25.9 Å². The Morgan fingerprint density at radius 3 is 2.68 bits per heavy atom. The van der Waals surface area contributed by atoms with E-state index in [0.717, 1.165) is 17.9 Å². The second-order valence-corrected chi connectivity index (χ2v) is 6.74. The molecule has 0 aromatic carbocycles. The first kappa shape index (κ1) is 18.2. The number of hydrogen-bond donors (Lipinski definition) is 1. The topological polar surface area (TPSA) is 103 Å². The van der Waals surface area contributed by atoms with Crippen molar-refractivity contribution in [2.24, 2.45) is 5.92 Å². The third kappa shape index (κ3) is 3.91. The van der Waals surface area contributed by atoms with Crippen molar-refractivity contribution in [1.29, 1.82) is 0 Å². The first-order valence-electron chi connectivity index (χ1n) is 9.08. The molecular formula is C20H21N5O3. The van der Waals surface area contributed by atoms with Crippen molar-refractivity contribution in [3.63, 3.8) is 0 Å². The zero-order valence-corrected chi connectivity index (χ0v) is 15.7. The summed E-state index contributed by atoms with van der Waals surface area (Å²) in [5.41, 5.74) is 2.85. The molecule has 8 heteroatoms. The second kappa shape index (κ2) is 7.85. The number of aliphatic hydroxyl groups excluding tert-OH is 1. The molecule has 144 valence electrons. The molecule has 4 rings (SSSR count).